The smallest absolute Gasteiger partial charge is 0.0104 e. The van der Waals surface area contributed by atoms with Crippen LogP contribution in [0.15, 0.2) is 0 Å². The molecule has 0 aliphatic heterocycles. The average Bonchev–Trinajstić information content (AvgIpc) is 1.79. The zero-order chi connectivity index (χ0) is 9.78. The molecular weight excluding hydrogens is 172 g/mol. The normalized spacial score (nSPS) is 17.4. The number of rotatable bonds is 4. The van der Waals surface area contributed by atoms with Gasteiger partial charge in [-0.05, 0) is 24.2 Å². The van der Waals surface area contributed by atoms with Crippen LogP contribution >= 0.6 is 0 Å². The Morgan fingerprint density at radius 3 is 2.25 bits per heavy atom. The SMILES string of the molecule is CC(CCS(=O)[O-])CC(C)(C)C. The lowest BCUT2D eigenvalue weighted by Crippen LogP contribution is -2.13. The fourth-order valence-corrected chi connectivity index (χ4v) is 2.04. The molecule has 0 aliphatic carbocycles. The van der Waals surface area contributed by atoms with Crippen molar-refractivity contribution in [3.63, 3.8) is 0 Å². The van der Waals surface area contributed by atoms with E-state index in [1.54, 1.807) is 0 Å². The van der Waals surface area contributed by atoms with Gasteiger partial charge in [-0.3, -0.25) is 4.21 Å². The van der Waals surface area contributed by atoms with Gasteiger partial charge in [0, 0.05) is 5.75 Å². The van der Waals surface area contributed by atoms with E-state index in [0.717, 1.165) is 12.8 Å². The van der Waals surface area contributed by atoms with Crippen LogP contribution in [0.2, 0.25) is 0 Å². The lowest BCUT2D eigenvalue weighted by molar-refractivity contribution is 0.302. The van der Waals surface area contributed by atoms with Gasteiger partial charge in [0.25, 0.3) is 0 Å². The molecule has 0 amide bonds. The second-order valence-corrected chi connectivity index (χ2v) is 5.68. The van der Waals surface area contributed by atoms with Crippen molar-refractivity contribution < 1.29 is 8.76 Å². The molecule has 2 unspecified atom stereocenters. The van der Waals surface area contributed by atoms with Gasteiger partial charge in [0.15, 0.2) is 0 Å². The van der Waals surface area contributed by atoms with Crippen molar-refractivity contribution in [1.82, 2.24) is 0 Å². The van der Waals surface area contributed by atoms with Gasteiger partial charge in [0.1, 0.15) is 0 Å². The van der Waals surface area contributed by atoms with E-state index in [2.05, 4.69) is 27.7 Å². The molecule has 0 saturated carbocycles. The fraction of sp³-hybridized carbons (Fsp3) is 1.00. The molecule has 0 bridgehead atoms. The van der Waals surface area contributed by atoms with Crippen LogP contribution in [0.25, 0.3) is 0 Å². The van der Waals surface area contributed by atoms with Crippen LogP contribution in [0, 0.1) is 11.3 Å². The highest BCUT2D eigenvalue weighted by Gasteiger charge is 2.14. The zero-order valence-electron chi connectivity index (χ0n) is 8.42. The Bertz CT molecular complexity index is 149. The highest BCUT2D eigenvalue weighted by molar-refractivity contribution is 7.79. The first-order valence-corrected chi connectivity index (χ1v) is 5.61. The molecular formula is C9H19O2S-. The number of hydrogen-bond donors (Lipinski definition) is 0. The largest absolute Gasteiger partial charge is 0.772 e. The second kappa shape index (κ2) is 4.97. The molecule has 0 saturated heterocycles. The molecule has 0 aromatic heterocycles. The Hall–Kier alpha value is 0.110. The lowest BCUT2D eigenvalue weighted by atomic mass is 9.84. The molecule has 0 radical (unpaired) electrons. The van der Waals surface area contributed by atoms with E-state index in [0.29, 0.717) is 17.1 Å². The predicted octanol–water partition coefficient (Wildman–Crippen LogP) is 2.33. The Labute approximate surface area is 78.0 Å². The third-order valence-corrected chi connectivity index (χ3v) is 2.31. The summed E-state index contributed by atoms with van der Waals surface area (Å²) in [6, 6.07) is 0. The van der Waals surface area contributed by atoms with E-state index in [1.165, 1.54) is 0 Å². The van der Waals surface area contributed by atoms with Crippen LogP contribution in [0.4, 0.5) is 0 Å². The molecule has 0 N–H and O–H groups in total. The van der Waals surface area contributed by atoms with Crippen molar-refractivity contribution in [3.8, 4) is 0 Å². The third-order valence-electron chi connectivity index (χ3n) is 1.74. The van der Waals surface area contributed by atoms with Gasteiger partial charge < -0.3 is 4.55 Å². The third kappa shape index (κ3) is 8.21. The predicted molar refractivity (Wildman–Crippen MR) is 51.6 cm³/mol. The van der Waals surface area contributed by atoms with Gasteiger partial charge >= 0.3 is 0 Å². The van der Waals surface area contributed by atoms with Gasteiger partial charge in [-0.2, -0.15) is 0 Å². The molecule has 0 rings (SSSR count). The number of hydrogen-bond acceptors (Lipinski definition) is 2. The minimum absolute atomic E-state index is 0.303. The molecule has 74 valence electrons. The van der Waals surface area contributed by atoms with Gasteiger partial charge in [0.2, 0.25) is 0 Å². The van der Waals surface area contributed by atoms with Gasteiger partial charge in [-0.15, -0.1) is 0 Å². The molecule has 12 heavy (non-hydrogen) atoms. The topological polar surface area (TPSA) is 40.1 Å². The maximum absolute atomic E-state index is 10.3. The van der Waals surface area contributed by atoms with E-state index in [9.17, 15) is 8.76 Å². The molecule has 3 heteroatoms. The standard InChI is InChI=1S/C9H20O2S/c1-8(5-6-12(10)11)7-9(2,3)4/h8H,5-7H2,1-4H3,(H,10,11)/p-1. The second-order valence-electron chi connectivity index (χ2n) is 4.67. The molecule has 0 aromatic rings. The summed E-state index contributed by atoms with van der Waals surface area (Å²) >= 11 is -1.86. The Balaban J connectivity index is 3.60. The molecule has 0 fully saturated rings. The summed E-state index contributed by atoms with van der Waals surface area (Å²) < 4.78 is 20.5. The summed E-state index contributed by atoms with van der Waals surface area (Å²) in [7, 11) is 0. The summed E-state index contributed by atoms with van der Waals surface area (Å²) in [4.78, 5) is 0. The minimum atomic E-state index is -1.86. The van der Waals surface area contributed by atoms with Crippen molar-refractivity contribution in [2.45, 2.75) is 40.5 Å². The molecule has 0 heterocycles. The average molecular weight is 191 g/mol. The first kappa shape index (κ1) is 12.1. The molecule has 2 atom stereocenters. The summed E-state index contributed by atoms with van der Waals surface area (Å²) in [5, 5.41) is 0. The Kier molecular flexibility index (Phi) is 5.02. The van der Waals surface area contributed by atoms with Crippen LogP contribution in [0.3, 0.4) is 0 Å². The molecule has 0 spiro atoms. The van der Waals surface area contributed by atoms with Gasteiger partial charge in [-0.25, -0.2) is 0 Å². The summed E-state index contributed by atoms with van der Waals surface area (Å²) in [5.41, 5.74) is 0.309. The quantitative estimate of drug-likeness (QED) is 0.640. The highest BCUT2D eigenvalue weighted by atomic mass is 32.2. The van der Waals surface area contributed by atoms with Crippen molar-refractivity contribution in [2.75, 3.05) is 5.75 Å². The molecule has 0 aliphatic rings. The lowest BCUT2D eigenvalue weighted by Gasteiger charge is -2.23. The van der Waals surface area contributed by atoms with Crippen LogP contribution < -0.4 is 0 Å². The van der Waals surface area contributed by atoms with E-state index in [-0.39, 0.29) is 0 Å². The van der Waals surface area contributed by atoms with Gasteiger partial charge in [-0.1, -0.05) is 38.8 Å². The maximum Gasteiger partial charge on any atom is 0.0104 e. The van der Waals surface area contributed by atoms with Crippen LogP contribution in [-0.2, 0) is 11.1 Å². The van der Waals surface area contributed by atoms with E-state index >= 15 is 0 Å². The first-order valence-electron chi connectivity index (χ1n) is 4.37. The monoisotopic (exact) mass is 191 g/mol. The van der Waals surface area contributed by atoms with Crippen molar-refractivity contribution in [2.24, 2.45) is 11.3 Å². The fourth-order valence-electron chi connectivity index (χ4n) is 1.44. The van der Waals surface area contributed by atoms with E-state index in [1.807, 2.05) is 0 Å². The van der Waals surface area contributed by atoms with Crippen molar-refractivity contribution >= 4 is 11.1 Å². The summed E-state index contributed by atoms with van der Waals surface area (Å²) in [5.74, 6) is 0.806. The van der Waals surface area contributed by atoms with Crippen molar-refractivity contribution in [3.05, 3.63) is 0 Å². The molecule has 0 aromatic carbocycles. The maximum atomic E-state index is 10.3. The Morgan fingerprint density at radius 2 is 1.92 bits per heavy atom. The first-order chi connectivity index (χ1) is 5.31. The Morgan fingerprint density at radius 1 is 1.42 bits per heavy atom. The zero-order valence-corrected chi connectivity index (χ0v) is 9.24. The molecule has 2 nitrogen and oxygen atoms in total. The van der Waals surface area contributed by atoms with Gasteiger partial charge in [0.05, 0.1) is 0 Å². The highest BCUT2D eigenvalue weighted by Crippen LogP contribution is 2.25. The van der Waals surface area contributed by atoms with Crippen molar-refractivity contribution in [1.29, 1.82) is 0 Å². The van der Waals surface area contributed by atoms with E-state index < -0.39 is 11.1 Å². The minimum Gasteiger partial charge on any atom is -0.772 e. The summed E-state index contributed by atoms with van der Waals surface area (Å²) in [6.45, 7) is 8.64. The van der Waals surface area contributed by atoms with Crippen LogP contribution in [0.1, 0.15) is 40.5 Å². The summed E-state index contributed by atoms with van der Waals surface area (Å²) in [6.07, 6.45) is 1.87. The van der Waals surface area contributed by atoms with Crippen LogP contribution in [-0.4, -0.2) is 14.5 Å². The van der Waals surface area contributed by atoms with E-state index in [4.69, 9.17) is 0 Å². The van der Waals surface area contributed by atoms with Crippen LogP contribution in [0.5, 0.6) is 0 Å².